The maximum atomic E-state index is 5.37. The molecule has 0 spiro atoms. The molecule has 2 heterocycles. The Kier molecular flexibility index (Phi) is 4.52. The average Bonchev–Trinajstić information content (AvgIpc) is 3.38. The van der Waals surface area contributed by atoms with Crippen molar-refractivity contribution in [3.05, 3.63) is 60.3 Å². The lowest BCUT2D eigenvalue weighted by Gasteiger charge is -2.07. The Labute approximate surface area is 155 Å². The number of methoxy groups -OCH3 is 2. The summed E-state index contributed by atoms with van der Waals surface area (Å²) in [6, 6.07) is 15.4. The minimum Gasteiger partial charge on any atom is -0.493 e. The van der Waals surface area contributed by atoms with Crippen LogP contribution in [0, 0.1) is 0 Å². The van der Waals surface area contributed by atoms with Gasteiger partial charge in [0.2, 0.25) is 5.82 Å². The summed E-state index contributed by atoms with van der Waals surface area (Å²) in [5.74, 6) is 1.95. The van der Waals surface area contributed by atoms with Crippen LogP contribution in [-0.2, 0) is 6.54 Å². The summed E-state index contributed by atoms with van der Waals surface area (Å²) in [4.78, 5) is 4.41. The Morgan fingerprint density at radius 1 is 1.00 bits per heavy atom. The van der Waals surface area contributed by atoms with Gasteiger partial charge in [0.1, 0.15) is 0 Å². The molecule has 2 aromatic heterocycles. The Bertz CT molecular complexity index is 1040. The summed E-state index contributed by atoms with van der Waals surface area (Å²) in [7, 11) is 3.16. The first-order valence-electron chi connectivity index (χ1n) is 8.27. The van der Waals surface area contributed by atoms with E-state index in [0.717, 1.165) is 11.1 Å². The third-order valence-electron chi connectivity index (χ3n) is 4.01. The van der Waals surface area contributed by atoms with E-state index < -0.39 is 0 Å². The van der Waals surface area contributed by atoms with Gasteiger partial charge in [0.25, 0.3) is 5.89 Å². The highest BCUT2D eigenvalue weighted by Crippen LogP contribution is 2.32. The fourth-order valence-corrected chi connectivity index (χ4v) is 2.66. The Balaban J connectivity index is 1.56. The van der Waals surface area contributed by atoms with Crippen molar-refractivity contribution in [3.8, 4) is 34.5 Å². The van der Waals surface area contributed by atoms with Crippen LogP contribution in [0.15, 0.2) is 59.3 Å². The van der Waals surface area contributed by atoms with Crippen molar-refractivity contribution in [2.75, 3.05) is 14.2 Å². The van der Waals surface area contributed by atoms with Gasteiger partial charge in [0.15, 0.2) is 17.2 Å². The minimum atomic E-state index is 0.364. The van der Waals surface area contributed by atoms with Crippen LogP contribution in [0.1, 0.15) is 5.56 Å². The summed E-state index contributed by atoms with van der Waals surface area (Å²) < 4.78 is 17.7. The molecule has 8 nitrogen and oxygen atoms in total. The molecule has 0 N–H and O–H groups in total. The Morgan fingerprint density at radius 3 is 2.59 bits per heavy atom. The van der Waals surface area contributed by atoms with Crippen molar-refractivity contribution in [1.82, 2.24) is 25.1 Å². The van der Waals surface area contributed by atoms with Gasteiger partial charge in [-0.3, -0.25) is 0 Å². The number of aromatic nitrogens is 5. The highest BCUT2D eigenvalue weighted by Gasteiger charge is 2.15. The molecule has 0 atom stereocenters. The van der Waals surface area contributed by atoms with E-state index in [1.807, 2.05) is 36.4 Å². The summed E-state index contributed by atoms with van der Waals surface area (Å²) in [6.07, 6.45) is 1.79. The number of hydrogen-bond donors (Lipinski definition) is 0. The number of ether oxygens (including phenoxy) is 2. The summed E-state index contributed by atoms with van der Waals surface area (Å²) in [5.41, 5.74) is 2.40. The molecule has 0 unspecified atom stereocenters. The molecule has 136 valence electrons. The predicted octanol–water partition coefficient (Wildman–Crippen LogP) is 3.06. The molecule has 0 radical (unpaired) electrons. The molecule has 0 saturated carbocycles. The number of nitrogens with zero attached hydrogens (tertiary/aromatic N) is 5. The van der Waals surface area contributed by atoms with Gasteiger partial charge in [-0.05, 0) is 23.8 Å². The smallest absolute Gasteiger partial charge is 0.258 e. The van der Waals surface area contributed by atoms with Crippen molar-refractivity contribution in [2.24, 2.45) is 0 Å². The molecule has 0 saturated heterocycles. The summed E-state index contributed by atoms with van der Waals surface area (Å²) in [6.45, 7) is 0.619. The zero-order valence-corrected chi connectivity index (χ0v) is 14.9. The second-order valence-corrected chi connectivity index (χ2v) is 5.78. The number of benzene rings is 2. The normalized spacial score (nSPS) is 10.7. The maximum Gasteiger partial charge on any atom is 0.258 e. The highest BCUT2D eigenvalue weighted by molar-refractivity contribution is 5.61. The monoisotopic (exact) mass is 363 g/mol. The molecule has 0 amide bonds. The van der Waals surface area contributed by atoms with E-state index in [0.29, 0.717) is 35.5 Å². The molecule has 0 fully saturated rings. The van der Waals surface area contributed by atoms with E-state index in [1.165, 1.54) is 0 Å². The van der Waals surface area contributed by atoms with Crippen LogP contribution >= 0.6 is 0 Å². The fourth-order valence-electron chi connectivity index (χ4n) is 2.66. The molecule has 0 aliphatic carbocycles. The first kappa shape index (κ1) is 16.8. The van der Waals surface area contributed by atoms with Crippen LogP contribution in [0.3, 0.4) is 0 Å². The Morgan fingerprint density at radius 2 is 1.81 bits per heavy atom. The van der Waals surface area contributed by atoms with E-state index in [1.54, 1.807) is 37.2 Å². The molecular formula is C19H17N5O3. The van der Waals surface area contributed by atoms with E-state index >= 15 is 0 Å². The van der Waals surface area contributed by atoms with Gasteiger partial charge in [-0.2, -0.15) is 4.98 Å². The molecular weight excluding hydrogens is 346 g/mol. The van der Waals surface area contributed by atoms with Crippen molar-refractivity contribution in [1.29, 1.82) is 0 Å². The zero-order chi connectivity index (χ0) is 18.6. The topological polar surface area (TPSA) is 88.1 Å². The third-order valence-corrected chi connectivity index (χ3v) is 4.01. The summed E-state index contributed by atoms with van der Waals surface area (Å²) in [5, 5.41) is 12.3. The molecule has 2 aromatic carbocycles. The Hall–Kier alpha value is -3.68. The molecule has 27 heavy (non-hydrogen) atoms. The van der Waals surface area contributed by atoms with Crippen LogP contribution in [0.2, 0.25) is 0 Å². The predicted molar refractivity (Wildman–Crippen MR) is 97.4 cm³/mol. The van der Waals surface area contributed by atoms with E-state index in [4.69, 9.17) is 14.0 Å². The average molecular weight is 363 g/mol. The summed E-state index contributed by atoms with van der Waals surface area (Å²) >= 11 is 0. The second kappa shape index (κ2) is 7.28. The van der Waals surface area contributed by atoms with Crippen LogP contribution in [0.25, 0.3) is 23.0 Å². The van der Waals surface area contributed by atoms with Crippen molar-refractivity contribution < 1.29 is 14.0 Å². The number of rotatable bonds is 6. The SMILES string of the molecule is COc1ccc(-c2nc(-c3cn(Cc4ccccc4)nn3)no2)cc1OC. The molecule has 4 rings (SSSR count). The van der Waals surface area contributed by atoms with Gasteiger partial charge in [0, 0.05) is 5.56 Å². The van der Waals surface area contributed by atoms with Crippen LogP contribution in [0.5, 0.6) is 11.5 Å². The first-order chi connectivity index (χ1) is 13.3. The third kappa shape index (κ3) is 3.50. The molecule has 8 heteroatoms. The van der Waals surface area contributed by atoms with Crippen LogP contribution in [-0.4, -0.2) is 39.4 Å². The van der Waals surface area contributed by atoms with E-state index in [-0.39, 0.29) is 0 Å². The minimum absolute atomic E-state index is 0.364. The lowest BCUT2D eigenvalue weighted by molar-refractivity contribution is 0.355. The molecule has 0 bridgehead atoms. The van der Waals surface area contributed by atoms with Crippen molar-refractivity contribution >= 4 is 0 Å². The van der Waals surface area contributed by atoms with Crippen LogP contribution < -0.4 is 9.47 Å². The molecule has 4 aromatic rings. The first-order valence-corrected chi connectivity index (χ1v) is 8.27. The lowest BCUT2D eigenvalue weighted by atomic mass is 10.2. The highest BCUT2D eigenvalue weighted by atomic mass is 16.5. The van der Waals surface area contributed by atoms with Gasteiger partial charge < -0.3 is 14.0 Å². The number of hydrogen-bond acceptors (Lipinski definition) is 7. The van der Waals surface area contributed by atoms with Gasteiger partial charge in [0.05, 0.1) is 27.0 Å². The van der Waals surface area contributed by atoms with E-state index in [2.05, 4.69) is 20.5 Å². The lowest BCUT2D eigenvalue weighted by Crippen LogP contribution is -1.99. The van der Waals surface area contributed by atoms with Gasteiger partial charge in [-0.25, -0.2) is 4.68 Å². The zero-order valence-electron chi connectivity index (χ0n) is 14.9. The second-order valence-electron chi connectivity index (χ2n) is 5.78. The molecule has 0 aliphatic heterocycles. The quantitative estimate of drug-likeness (QED) is 0.520. The largest absolute Gasteiger partial charge is 0.493 e. The van der Waals surface area contributed by atoms with Crippen molar-refractivity contribution in [3.63, 3.8) is 0 Å². The van der Waals surface area contributed by atoms with Gasteiger partial charge >= 0.3 is 0 Å². The fraction of sp³-hybridized carbons (Fsp3) is 0.158. The molecule has 0 aliphatic rings. The van der Waals surface area contributed by atoms with Crippen molar-refractivity contribution in [2.45, 2.75) is 6.54 Å². The van der Waals surface area contributed by atoms with Gasteiger partial charge in [-0.1, -0.05) is 40.7 Å². The standard InChI is InChI=1S/C19H17N5O3/c1-25-16-9-8-14(10-17(16)26-2)19-20-18(22-27-19)15-12-24(23-21-15)11-13-6-4-3-5-7-13/h3-10,12H,11H2,1-2H3. The van der Waals surface area contributed by atoms with E-state index in [9.17, 15) is 0 Å². The van der Waals surface area contributed by atoms with Gasteiger partial charge in [-0.15, -0.1) is 5.10 Å². The van der Waals surface area contributed by atoms with Crippen LogP contribution in [0.4, 0.5) is 0 Å². The maximum absolute atomic E-state index is 5.37.